The summed E-state index contributed by atoms with van der Waals surface area (Å²) in [7, 11) is 6.59. The van der Waals surface area contributed by atoms with Crippen LogP contribution in [-0.4, -0.2) is 101 Å². The molecule has 210 valence electrons. The standard InChI is InChI=1S/2C7H14N2.C5H11N.5C2H6/c1-9-4-6-2-8-3-7(6)5-9;1-9-5-7(6-9)2-3-8-4-7;1-6-4-2-3-5-6;5*1-2/h6-8H,2-5H2,1H3;8H,2-6H2,1H3;2-5H2,1H3;5*1-2H3. The van der Waals surface area contributed by atoms with Crippen LogP contribution in [0.15, 0.2) is 0 Å². The van der Waals surface area contributed by atoms with Crippen LogP contribution in [0.4, 0.5) is 0 Å². The fourth-order valence-corrected chi connectivity index (χ4v) is 5.13. The first kappa shape index (κ1) is 38.3. The van der Waals surface area contributed by atoms with Crippen molar-refractivity contribution in [2.45, 2.75) is 88.5 Å². The molecule has 0 aromatic rings. The molecule has 0 amide bonds. The van der Waals surface area contributed by atoms with E-state index in [1.54, 1.807) is 0 Å². The van der Waals surface area contributed by atoms with Gasteiger partial charge in [-0.15, -0.1) is 0 Å². The van der Waals surface area contributed by atoms with Crippen LogP contribution in [0.25, 0.3) is 0 Å². The minimum Gasteiger partial charge on any atom is -0.316 e. The number of fused-ring (bicyclic) bond motifs is 1. The molecule has 5 rings (SSSR count). The Morgan fingerprint density at radius 1 is 0.588 bits per heavy atom. The fraction of sp³-hybridized carbons (Fsp3) is 1.00. The van der Waals surface area contributed by atoms with Crippen molar-refractivity contribution in [2.75, 3.05) is 86.6 Å². The van der Waals surface area contributed by atoms with Crippen molar-refractivity contribution in [3.05, 3.63) is 0 Å². The van der Waals surface area contributed by atoms with E-state index < -0.39 is 0 Å². The smallest absolute Gasteiger partial charge is 0.00940 e. The third-order valence-corrected chi connectivity index (χ3v) is 6.44. The Morgan fingerprint density at radius 2 is 1.03 bits per heavy atom. The summed E-state index contributed by atoms with van der Waals surface area (Å²) in [5, 5.41) is 6.83. The van der Waals surface area contributed by atoms with Crippen LogP contribution in [-0.2, 0) is 0 Å². The average molecular weight is 488 g/mol. The Labute approximate surface area is 217 Å². The maximum Gasteiger partial charge on any atom is 0.00940 e. The summed E-state index contributed by atoms with van der Waals surface area (Å²) in [5.74, 6) is 1.94. The Kier molecular flexibility index (Phi) is 29.2. The lowest BCUT2D eigenvalue weighted by atomic mass is 9.80. The number of nitrogens with zero attached hydrogens (tertiary/aromatic N) is 3. The van der Waals surface area contributed by atoms with Gasteiger partial charge in [-0.3, -0.25) is 0 Å². The van der Waals surface area contributed by atoms with E-state index in [-0.39, 0.29) is 0 Å². The van der Waals surface area contributed by atoms with E-state index in [2.05, 4.69) is 46.5 Å². The van der Waals surface area contributed by atoms with E-state index >= 15 is 0 Å². The number of likely N-dealkylation sites (tertiary alicyclic amines) is 3. The SMILES string of the molecule is CC.CC.CC.CC.CC.CN1CC2(CCNC2)C1.CN1CC2CNCC2C1.CN1CCCC1. The Bertz CT molecular complexity index is 359. The minimum absolute atomic E-state index is 0.703. The quantitative estimate of drug-likeness (QED) is 0.470. The van der Waals surface area contributed by atoms with Crippen molar-refractivity contribution in [2.24, 2.45) is 17.3 Å². The second-order valence-electron chi connectivity index (χ2n) is 9.01. The van der Waals surface area contributed by atoms with E-state index in [1.165, 1.54) is 84.7 Å². The first-order valence-corrected chi connectivity index (χ1v) is 15.0. The van der Waals surface area contributed by atoms with Gasteiger partial charge < -0.3 is 25.3 Å². The lowest BCUT2D eigenvalue weighted by Crippen LogP contribution is -2.55. The van der Waals surface area contributed by atoms with Gasteiger partial charge in [0, 0.05) is 38.1 Å². The molecule has 5 saturated heterocycles. The number of nitrogens with one attached hydrogen (secondary N) is 2. The molecule has 5 aliphatic rings. The van der Waals surface area contributed by atoms with E-state index in [9.17, 15) is 0 Å². The molecule has 5 aliphatic heterocycles. The van der Waals surface area contributed by atoms with E-state index in [0.29, 0.717) is 5.41 Å². The molecule has 0 aliphatic carbocycles. The van der Waals surface area contributed by atoms with E-state index in [0.717, 1.165) is 11.8 Å². The van der Waals surface area contributed by atoms with Crippen LogP contribution in [0.3, 0.4) is 0 Å². The molecular weight excluding hydrogens is 418 g/mol. The maximum absolute atomic E-state index is 3.42. The first-order valence-electron chi connectivity index (χ1n) is 15.0. The molecule has 0 radical (unpaired) electrons. The van der Waals surface area contributed by atoms with Crippen molar-refractivity contribution in [1.29, 1.82) is 0 Å². The van der Waals surface area contributed by atoms with Crippen molar-refractivity contribution in [3.63, 3.8) is 0 Å². The lowest BCUT2D eigenvalue weighted by Gasteiger charge is -2.45. The zero-order valence-electron chi connectivity index (χ0n) is 26.2. The normalized spacial score (nSPS) is 25.7. The molecule has 0 saturated carbocycles. The first-order chi connectivity index (χ1) is 16.6. The van der Waals surface area contributed by atoms with Crippen LogP contribution in [0.2, 0.25) is 0 Å². The molecule has 5 nitrogen and oxygen atoms in total. The predicted octanol–water partition coefficient (Wildman–Crippen LogP) is 5.52. The highest BCUT2D eigenvalue weighted by molar-refractivity contribution is 4.98. The second kappa shape index (κ2) is 25.9. The van der Waals surface area contributed by atoms with Crippen LogP contribution in [0, 0.1) is 17.3 Å². The highest BCUT2D eigenvalue weighted by Gasteiger charge is 2.42. The van der Waals surface area contributed by atoms with Gasteiger partial charge in [0.2, 0.25) is 0 Å². The number of rotatable bonds is 0. The van der Waals surface area contributed by atoms with Gasteiger partial charge in [-0.2, -0.15) is 0 Å². The topological polar surface area (TPSA) is 33.8 Å². The van der Waals surface area contributed by atoms with Gasteiger partial charge in [-0.05, 0) is 85.0 Å². The number of hydrogen-bond acceptors (Lipinski definition) is 5. The summed E-state index contributed by atoms with van der Waals surface area (Å²) < 4.78 is 0. The molecule has 5 fully saturated rings. The third kappa shape index (κ3) is 15.7. The van der Waals surface area contributed by atoms with Gasteiger partial charge in [-0.25, -0.2) is 0 Å². The van der Waals surface area contributed by atoms with Gasteiger partial charge in [-0.1, -0.05) is 69.2 Å². The maximum atomic E-state index is 3.42. The zero-order chi connectivity index (χ0) is 27.0. The number of hydrogen-bond donors (Lipinski definition) is 2. The molecule has 34 heavy (non-hydrogen) atoms. The van der Waals surface area contributed by atoms with Crippen LogP contribution in [0.1, 0.15) is 88.5 Å². The minimum atomic E-state index is 0.703. The van der Waals surface area contributed by atoms with Gasteiger partial charge in [0.05, 0.1) is 0 Å². The van der Waals surface area contributed by atoms with Crippen molar-refractivity contribution < 1.29 is 0 Å². The summed E-state index contributed by atoms with van der Waals surface area (Å²) in [4.78, 5) is 7.20. The molecule has 0 aromatic heterocycles. The van der Waals surface area contributed by atoms with Crippen molar-refractivity contribution in [3.8, 4) is 0 Å². The summed E-state index contributed by atoms with van der Waals surface area (Å²) in [6.07, 6.45) is 4.23. The summed E-state index contributed by atoms with van der Waals surface area (Å²) in [5.41, 5.74) is 0.703. The lowest BCUT2D eigenvalue weighted by molar-refractivity contribution is 0.0409. The van der Waals surface area contributed by atoms with Crippen LogP contribution < -0.4 is 10.6 Å². The summed E-state index contributed by atoms with van der Waals surface area (Å²) in [6, 6.07) is 0. The molecule has 1 spiro atoms. The highest BCUT2D eigenvalue weighted by atomic mass is 15.2. The van der Waals surface area contributed by atoms with Gasteiger partial charge >= 0.3 is 0 Å². The Morgan fingerprint density at radius 3 is 1.32 bits per heavy atom. The molecule has 0 aromatic carbocycles. The van der Waals surface area contributed by atoms with Crippen LogP contribution in [0.5, 0.6) is 0 Å². The van der Waals surface area contributed by atoms with Crippen LogP contribution >= 0.6 is 0 Å². The molecule has 2 unspecified atom stereocenters. The molecule has 2 atom stereocenters. The highest BCUT2D eigenvalue weighted by Crippen LogP contribution is 2.34. The molecular formula is C29H69N5. The Hall–Kier alpha value is -0.200. The zero-order valence-corrected chi connectivity index (χ0v) is 26.2. The average Bonchev–Trinajstić information content (AvgIpc) is 3.68. The van der Waals surface area contributed by atoms with Crippen molar-refractivity contribution in [1.82, 2.24) is 25.3 Å². The van der Waals surface area contributed by atoms with E-state index in [4.69, 9.17) is 0 Å². The summed E-state index contributed by atoms with van der Waals surface area (Å²) in [6.45, 7) is 32.9. The monoisotopic (exact) mass is 488 g/mol. The molecule has 2 N–H and O–H groups in total. The van der Waals surface area contributed by atoms with E-state index in [1.807, 2.05) is 69.2 Å². The molecule has 0 bridgehead atoms. The third-order valence-electron chi connectivity index (χ3n) is 6.44. The largest absolute Gasteiger partial charge is 0.316 e. The van der Waals surface area contributed by atoms with Gasteiger partial charge in [0.1, 0.15) is 0 Å². The predicted molar refractivity (Wildman–Crippen MR) is 158 cm³/mol. The fourth-order valence-electron chi connectivity index (χ4n) is 5.13. The molecule has 5 heteroatoms. The van der Waals surface area contributed by atoms with Gasteiger partial charge in [0.15, 0.2) is 0 Å². The summed E-state index contributed by atoms with van der Waals surface area (Å²) >= 11 is 0. The Balaban J connectivity index is -0.000000363. The van der Waals surface area contributed by atoms with Gasteiger partial charge in [0.25, 0.3) is 0 Å². The molecule has 5 heterocycles. The van der Waals surface area contributed by atoms with Crippen molar-refractivity contribution >= 4 is 0 Å². The second-order valence-corrected chi connectivity index (χ2v) is 9.01.